The van der Waals surface area contributed by atoms with Crippen molar-refractivity contribution in [1.29, 1.82) is 0 Å². The number of nitrogens with one attached hydrogen (secondary N) is 2. The van der Waals surface area contributed by atoms with Crippen LogP contribution < -0.4 is 10.6 Å². The first-order chi connectivity index (χ1) is 15.2. The second-order valence-electron chi connectivity index (χ2n) is 7.85. The number of nitrogens with zero attached hydrogens (tertiary/aromatic N) is 5. The molecule has 1 aliphatic rings. The van der Waals surface area contributed by atoms with E-state index in [1.165, 1.54) is 4.80 Å². The van der Waals surface area contributed by atoms with Gasteiger partial charge in [0.1, 0.15) is 0 Å². The van der Waals surface area contributed by atoms with E-state index in [1.807, 2.05) is 55.6 Å². The molecule has 2 aromatic heterocycles. The van der Waals surface area contributed by atoms with E-state index in [0.717, 1.165) is 35.7 Å². The minimum atomic E-state index is -0.130. The number of amides is 1. The van der Waals surface area contributed by atoms with E-state index in [-0.39, 0.29) is 18.0 Å². The summed E-state index contributed by atoms with van der Waals surface area (Å²) in [6.07, 6.45) is 7.89. The molecule has 4 aromatic rings. The lowest BCUT2D eigenvalue weighted by Crippen LogP contribution is -2.43. The maximum atomic E-state index is 13.2. The van der Waals surface area contributed by atoms with Crippen molar-refractivity contribution in [3.05, 3.63) is 72.2 Å². The molecule has 8 nitrogen and oxygen atoms in total. The first-order valence-corrected chi connectivity index (χ1v) is 10.4. The number of fused-ring (bicyclic) bond motifs is 1. The van der Waals surface area contributed by atoms with Crippen molar-refractivity contribution in [3.8, 4) is 5.69 Å². The maximum Gasteiger partial charge on any atom is 0.253 e. The summed E-state index contributed by atoms with van der Waals surface area (Å²) < 4.78 is 0. The lowest BCUT2D eigenvalue weighted by atomic mass is 10.1. The third-order valence-electron chi connectivity index (χ3n) is 5.67. The molecule has 156 valence electrons. The molecule has 2 unspecified atom stereocenters. The number of aryl methyl sites for hydroxylation is 1. The summed E-state index contributed by atoms with van der Waals surface area (Å²) in [5.41, 5.74) is 3.12. The Balaban J connectivity index is 1.35. The smallest absolute Gasteiger partial charge is 0.253 e. The minimum absolute atomic E-state index is 0.0125. The van der Waals surface area contributed by atoms with Crippen LogP contribution in [0.25, 0.3) is 16.6 Å². The average Bonchev–Trinajstić information content (AvgIpc) is 3.46. The van der Waals surface area contributed by atoms with Crippen LogP contribution in [0.1, 0.15) is 35.2 Å². The van der Waals surface area contributed by atoms with Gasteiger partial charge >= 0.3 is 0 Å². The number of anilines is 1. The van der Waals surface area contributed by atoms with Crippen LogP contribution >= 0.6 is 0 Å². The average molecular weight is 413 g/mol. The van der Waals surface area contributed by atoms with Crippen molar-refractivity contribution < 1.29 is 4.79 Å². The fourth-order valence-corrected chi connectivity index (χ4v) is 4.11. The Morgan fingerprint density at radius 3 is 2.74 bits per heavy atom. The molecular weight excluding hydrogens is 390 g/mol. The number of carbonyl (C=O) groups excluding carboxylic acids is 1. The highest BCUT2D eigenvalue weighted by Gasteiger charge is 2.30. The molecule has 0 saturated heterocycles. The Labute approximate surface area is 179 Å². The SMILES string of the molecule is Cc1ccc(-n2nccn2)c(C(=O)NC2CCCC2Nc2ncc3ccccc3n2)c1. The summed E-state index contributed by atoms with van der Waals surface area (Å²) in [6.45, 7) is 1.97. The Bertz CT molecular complexity index is 1220. The van der Waals surface area contributed by atoms with Gasteiger partial charge in [-0.3, -0.25) is 4.79 Å². The van der Waals surface area contributed by atoms with Gasteiger partial charge in [-0.2, -0.15) is 15.0 Å². The molecule has 1 aliphatic carbocycles. The number of para-hydroxylation sites is 1. The van der Waals surface area contributed by atoms with E-state index in [0.29, 0.717) is 17.2 Å². The van der Waals surface area contributed by atoms with Gasteiger partial charge in [0.25, 0.3) is 5.91 Å². The van der Waals surface area contributed by atoms with Gasteiger partial charge in [-0.25, -0.2) is 9.97 Å². The number of carbonyl (C=O) groups is 1. The minimum Gasteiger partial charge on any atom is -0.349 e. The van der Waals surface area contributed by atoms with Gasteiger partial charge in [0.15, 0.2) is 0 Å². The number of hydrogen-bond donors (Lipinski definition) is 2. The topological polar surface area (TPSA) is 97.6 Å². The standard InChI is InChI=1S/C23H23N7O/c1-15-9-10-21(30-25-11-12-26-30)17(13-15)22(31)27-19-7-4-8-20(19)29-23-24-14-16-5-2-3-6-18(16)28-23/h2-3,5-6,9-14,19-20H,4,7-8H2,1H3,(H,27,31)(H,24,28,29). The Morgan fingerprint density at radius 2 is 1.87 bits per heavy atom. The molecule has 0 radical (unpaired) electrons. The van der Waals surface area contributed by atoms with Crippen LogP contribution in [-0.2, 0) is 0 Å². The Kier molecular flexibility index (Phi) is 5.03. The lowest BCUT2D eigenvalue weighted by molar-refractivity contribution is 0.0935. The van der Waals surface area contributed by atoms with E-state index < -0.39 is 0 Å². The van der Waals surface area contributed by atoms with Gasteiger partial charge in [0.05, 0.1) is 29.2 Å². The first kappa shape index (κ1) is 19.2. The van der Waals surface area contributed by atoms with Crippen LogP contribution in [0.2, 0.25) is 0 Å². The van der Waals surface area contributed by atoms with Crippen molar-refractivity contribution in [2.75, 3.05) is 5.32 Å². The van der Waals surface area contributed by atoms with E-state index in [1.54, 1.807) is 12.4 Å². The van der Waals surface area contributed by atoms with Crippen LogP contribution in [0, 0.1) is 6.92 Å². The van der Waals surface area contributed by atoms with Gasteiger partial charge in [-0.1, -0.05) is 29.8 Å². The van der Waals surface area contributed by atoms with Crippen LogP contribution in [0.4, 0.5) is 5.95 Å². The summed E-state index contributed by atoms with van der Waals surface area (Å²) in [5, 5.41) is 16.0. The molecule has 2 heterocycles. The van der Waals surface area contributed by atoms with Gasteiger partial charge in [0.2, 0.25) is 5.95 Å². The van der Waals surface area contributed by atoms with Crippen molar-refractivity contribution in [2.24, 2.45) is 0 Å². The molecule has 8 heteroatoms. The van der Waals surface area contributed by atoms with E-state index in [9.17, 15) is 4.79 Å². The largest absolute Gasteiger partial charge is 0.349 e. The first-order valence-electron chi connectivity index (χ1n) is 10.4. The summed E-state index contributed by atoms with van der Waals surface area (Å²) >= 11 is 0. The predicted octanol–water partition coefficient (Wildman–Crippen LogP) is 3.28. The molecule has 1 fully saturated rings. The lowest BCUT2D eigenvalue weighted by Gasteiger charge is -2.23. The number of rotatable bonds is 5. The third kappa shape index (κ3) is 3.96. The second-order valence-corrected chi connectivity index (χ2v) is 7.85. The summed E-state index contributed by atoms with van der Waals surface area (Å²) in [6, 6.07) is 13.7. The molecule has 0 spiro atoms. The predicted molar refractivity (Wildman–Crippen MR) is 118 cm³/mol. The highest BCUT2D eigenvalue weighted by Crippen LogP contribution is 2.24. The van der Waals surface area contributed by atoms with E-state index >= 15 is 0 Å². The molecule has 2 atom stereocenters. The van der Waals surface area contributed by atoms with Crippen LogP contribution in [0.15, 0.2) is 61.1 Å². The zero-order valence-electron chi connectivity index (χ0n) is 17.2. The van der Waals surface area contributed by atoms with Crippen molar-refractivity contribution in [1.82, 2.24) is 30.3 Å². The fourth-order valence-electron chi connectivity index (χ4n) is 4.11. The summed E-state index contributed by atoms with van der Waals surface area (Å²) in [4.78, 5) is 23.7. The Hall–Kier alpha value is -3.81. The van der Waals surface area contributed by atoms with Gasteiger partial charge in [0, 0.05) is 23.7 Å². The van der Waals surface area contributed by atoms with Crippen LogP contribution in [0.3, 0.4) is 0 Å². The molecule has 0 aliphatic heterocycles. The van der Waals surface area contributed by atoms with Gasteiger partial charge in [-0.05, 0) is 44.4 Å². The van der Waals surface area contributed by atoms with Crippen molar-refractivity contribution in [2.45, 2.75) is 38.3 Å². The number of hydrogen-bond acceptors (Lipinski definition) is 6. The highest BCUT2D eigenvalue weighted by atomic mass is 16.1. The number of aromatic nitrogens is 5. The maximum absolute atomic E-state index is 13.2. The molecule has 1 amide bonds. The molecule has 5 rings (SSSR count). The van der Waals surface area contributed by atoms with Crippen LogP contribution in [0.5, 0.6) is 0 Å². The zero-order chi connectivity index (χ0) is 21.2. The van der Waals surface area contributed by atoms with Gasteiger partial charge in [-0.15, -0.1) is 0 Å². The van der Waals surface area contributed by atoms with Gasteiger partial charge < -0.3 is 10.6 Å². The normalized spacial score (nSPS) is 18.2. The fraction of sp³-hybridized carbons (Fsp3) is 0.261. The van der Waals surface area contributed by atoms with E-state index in [4.69, 9.17) is 0 Å². The Morgan fingerprint density at radius 1 is 1.06 bits per heavy atom. The molecule has 31 heavy (non-hydrogen) atoms. The molecule has 1 saturated carbocycles. The number of benzene rings is 2. The monoisotopic (exact) mass is 413 g/mol. The summed E-state index contributed by atoms with van der Waals surface area (Å²) in [7, 11) is 0. The van der Waals surface area contributed by atoms with Crippen molar-refractivity contribution in [3.63, 3.8) is 0 Å². The zero-order valence-corrected chi connectivity index (χ0v) is 17.2. The highest BCUT2D eigenvalue weighted by molar-refractivity contribution is 5.98. The molecule has 0 bridgehead atoms. The molecule has 2 N–H and O–H groups in total. The third-order valence-corrected chi connectivity index (χ3v) is 5.67. The molecule has 2 aromatic carbocycles. The second kappa shape index (κ2) is 8.14. The molecular formula is C23H23N7O. The van der Waals surface area contributed by atoms with Crippen molar-refractivity contribution >= 4 is 22.8 Å². The van der Waals surface area contributed by atoms with Crippen LogP contribution in [-0.4, -0.2) is 43.0 Å². The quantitative estimate of drug-likeness (QED) is 0.521. The summed E-state index contributed by atoms with van der Waals surface area (Å²) in [5.74, 6) is 0.455. The van der Waals surface area contributed by atoms with E-state index in [2.05, 4.69) is 30.8 Å².